The summed E-state index contributed by atoms with van der Waals surface area (Å²) in [5, 5.41) is 0. The van der Waals surface area contributed by atoms with Crippen LogP contribution >= 0.6 is 0 Å². The molecule has 6 heteroatoms. The average molecular weight is 294 g/mol. The number of esters is 1. The Morgan fingerprint density at radius 2 is 1.86 bits per heavy atom. The molecule has 0 amide bonds. The van der Waals surface area contributed by atoms with Gasteiger partial charge in [0, 0.05) is 0 Å². The lowest BCUT2D eigenvalue weighted by atomic mass is 10.1. The highest BCUT2D eigenvalue weighted by Gasteiger charge is 2.41. The van der Waals surface area contributed by atoms with Gasteiger partial charge in [0.2, 0.25) is 5.75 Å². The van der Waals surface area contributed by atoms with Crippen LogP contribution in [-0.4, -0.2) is 39.7 Å². The number of ether oxygens (including phenoxy) is 4. The largest absolute Gasteiger partial charge is 0.493 e. The quantitative estimate of drug-likeness (QED) is 0.607. The second kappa shape index (κ2) is 6.03. The molecule has 0 N–H and O–H groups in total. The third-order valence-electron chi connectivity index (χ3n) is 3.47. The molecule has 0 bridgehead atoms. The predicted octanol–water partition coefficient (Wildman–Crippen LogP) is 1.63. The zero-order valence-corrected chi connectivity index (χ0v) is 12.5. The molecule has 1 aromatic carbocycles. The molecule has 21 heavy (non-hydrogen) atoms. The SMILES string of the molecule is CCOC(=O)C1Cc2cc(OC)c(OC)c(OC)c2C1=O. The fourth-order valence-electron chi connectivity index (χ4n) is 2.56. The minimum absolute atomic E-state index is 0.239. The van der Waals surface area contributed by atoms with Gasteiger partial charge >= 0.3 is 5.97 Å². The molecule has 0 fully saturated rings. The molecule has 0 saturated carbocycles. The lowest BCUT2D eigenvalue weighted by Crippen LogP contribution is -2.23. The average Bonchev–Trinajstić information content (AvgIpc) is 2.82. The van der Waals surface area contributed by atoms with E-state index in [1.807, 2.05) is 0 Å². The highest BCUT2D eigenvalue weighted by atomic mass is 16.5. The minimum atomic E-state index is -0.828. The summed E-state index contributed by atoms with van der Waals surface area (Å²) in [6.45, 7) is 1.94. The van der Waals surface area contributed by atoms with Gasteiger partial charge in [-0.05, 0) is 25.0 Å². The first kappa shape index (κ1) is 15.2. The van der Waals surface area contributed by atoms with Crippen molar-refractivity contribution in [2.24, 2.45) is 5.92 Å². The monoisotopic (exact) mass is 294 g/mol. The number of carbonyl (C=O) groups excluding carboxylic acids is 2. The van der Waals surface area contributed by atoms with Crippen LogP contribution in [0.5, 0.6) is 17.2 Å². The standard InChI is InChI=1S/C15H18O6/c1-5-21-15(17)9-6-8-7-10(18-2)13(19-3)14(20-4)11(8)12(9)16/h7,9H,5-6H2,1-4H3. The number of carbonyl (C=O) groups is 2. The zero-order valence-electron chi connectivity index (χ0n) is 12.5. The van der Waals surface area contributed by atoms with Crippen LogP contribution in [0.15, 0.2) is 6.07 Å². The molecule has 0 aliphatic heterocycles. The highest BCUT2D eigenvalue weighted by molar-refractivity contribution is 6.14. The number of benzene rings is 1. The molecule has 1 unspecified atom stereocenters. The van der Waals surface area contributed by atoms with Crippen LogP contribution in [0.2, 0.25) is 0 Å². The third-order valence-corrected chi connectivity index (χ3v) is 3.47. The van der Waals surface area contributed by atoms with Gasteiger partial charge < -0.3 is 18.9 Å². The van der Waals surface area contributed by atoms with E-state index in [1.165, 1.54) is 21.3 Å². The Balaban J connectivity index is 2.51. The maximum Gasteiger partial charge on any atom is 0.317 e. The van der Waals surface area contributed by atoms with Crippen LogP contribution in [0.25, 0.3) is 0 Å². The minimum Gasteiger partial charge on any atom is -0.493 e. The first-order valence-electron chi connectivity index (χ1n) is 6.61. The maximum atomic E-state index is 12.5. The molecule has 0 radical (unpaired) electrons. The Bertz CT molecular complexity index is 578. The van der Waals surface area contributed by atoms with E-state index in [0.29, 0.717) is 28.4 Å². The van der Waals surface area contributed by atoms with Crippen molar-refractivity contribution < 1.29 is 28.5 Å². The van der Waals surface area contributed by atoms with Gasteiger partial charge in [-0.3, -0.25) is 9.59 Å². The maximum absolute atomic E-state index is 12.5. The number of hydrogen-bond acceptors (Lipinski definition) is 6. The summed E-state index contributed by atoms with van der Waals surface area (Å²) < 4.78 is 20.8. The molecular weight excluding hydrogens is 276 g/mol. The van der Waals surface area contributed by atoms with Crippen molar-refractivity contribution in [2.45, 2.75) is 13.3 Å². The van der Waals surface area contributed by atoms with Crippen molar-refractivity contribution in [1.29, 1.82) is 0 Å². The summed E-state index contributed by atoms with van der Waals surface area (Å²) in [6.07, 6.45) is 0.281. The molecule has 0 spiro atoms. The van der Waals surface area contributed by atoms with Gasteiger partial charge in [0.05, 0.1) is 33.5 Å². The molecule has 1 aliphatic rings. The molecule has 0 aromatic heterocycles. The summed E-state index contributed by atoms with van der Waals surface area (Å²) in [5.74, 6) is -0.545. The van der Waals surface area contributed by atoms with Crippen LogP contribution in [0.1, 0.15) is 22.8 Å². The van der Waals surface area contributed by atoms with Crippen LogP contribution in [0, 0.1) is 5.92 Å². The second-order valence-corrected chi connectivity index (χ2v) is 4.55. The Morgan fingerprint density at radius 1 is 1.19 bits per heavy atom. The van der Waals surface area contributed by atoms with E-state index in [2.05, 4.69) is 0 Å². The molecule has 1 aromatic rings. The van der Waals surface area contributed by atoms with Gasteiger partial charge in [-0.2, -0.15) is 0 Å². The lowest BCUT2D eigenvalue weighted by Gasteiger charge is -2.15. The van der Waals surface area contributed by atoms with Crippen LogP contribution < -0.4 is 14.2 Å². The van der Waals surface area contributed by atoms with Gasteiger partial charge in [0.25, 0.3) is 0 Å². The van der Waals surface area contributed by atoms with Crippen LogP contribution in [0.4, 0.5) is 0 Å². The van der Waals surface area contributed by atoms with Crippen molar-refractivity contribution >= 4 is 11.8 Å². The van der Waals surface area contributed by atoms with Crippen molar-refractivity contribution in [3.8, 4) is 17.2 Å². The summed E-state index contributed by atoms with van der Waals surface area (Å²) in [4.78, 5) is 24.4. The highest BCUT2D eigenvalue weighted by Crippen LogP contribution is 2.46. The molecule has 2 rings (SSSR count). The van der Waals surface area contributed by atoms with Crippen molar-refractivity contribution in [2.75, 3.05) is 27.9 Å². The number of rotatable bonds is 5. The van der Waals surface area contributed by atoms with E-state index in [9.17, 15) is 9.59 Å². The molecule has 114 valence electrons. The number of fused-ring (bicyclic) bond motifs is 1. The van der Waals surface area contributed by atoms with E-state index in [-0.39, 0.29) is 18.8 Å². The Hall–Kier alpha value is -2.24. The number of hydrogen-bond donors (Lipinski definition) is 0. The molecule has 0 heterocycles. The number of Topliss-reactive ketones (excluding diaryl/α,β-unsaturated/α-hetero) is 1. The van der Waals surface area contributed by atoms with E-state index in [0.717, 1.165) is 0 Å². The van der Waals surface area contributed by atoms with Crippen molar-refractivity contribution in [3.05, 3.63) is 17.2 Å². The van der Waals surface area contributed by atoms with Crippen molar-refractivity contribution in [1.82, 2.24) is 0 Å². The molecule has 1 aliphatic carbocycles. The summed E-state index contributed by atoms with van der Waals surface area (Å²) in [7, 11) is 4.42. The summed E-state index contributed by atoms with van der Waals surface area (Å²) >= 11 is 0. The first-order chi connectivity index (χ1) is 10.1. The Morgan fingerprint density at radius 3 is 2.38 bits per heavy atom. The predicted molar refractivity (Wildman–Crippen MR) is 74.3 cm³/mol. The van der Waals surface area contributed by atoms with Gasteiger partial charge in [0.1, 0.15) is 5.92 Å². The van der Waals surface area contributed by atoms with Gasteiger partial charge in [-0.15, -0.1) is 0 Å². The fraction of sp³-hybridized carbons (Fsp3) is 0.467. The lowest BCUT2D eigenvalue weighted by molar-refractivity contribution is -0.145. The molecule has 6 nitrogen and oxygen atoms in total. The van der Waals surface area contributed by atoms with Gasteiger partial charge in [-0.1, -0.05) is 0 Å². The van der Waals surface area contributed by atoms with E-state index in [4.69, 9.17) is 18.9 Å². The smallest absolute Gasteiger partial charge is 0.317 e. The van der Waals surface area contributed by atoms with E-state index in [1.54, 1.807) is 13.0 Å². The second-order valence-electron chi connectivity index (χ2n) is 4.55. The summed E-state index contributed by atoms with van der Waals surface area (Å²) in [5.41, 5.74) is 1.07. The fourth-order valence-corrected chi connectivity index (χ4v) is 2.56. The third kappa shape index (κ3) is 2.41. The number of methoxy groups -OCH3 is 3. The van der Waals surface area contributed by atoms with Crippen LogP contribution in [-0.2, 0) is 16.0 Å². The number of ketones is 1. The molecule has 1 atom stereocenters. The first-order valence-corrected chi connectivity index (χ1v) is 6.61. The molecule has 0 saturated heterocycles. The van der Waals surface area contributed by atoms with E-state index >= 15 is 0 Å². The zero-order chi connectivity index (χ0) is 15.6. The topological polar surface area (TPSA) is 71.1 Å². The Kier molecular flexibility index (Phi) is 4.35. The van der Waals surface area contributed by atoms with E-state index < -0.39 is 11.9 Å². The summed E-state index contributed by atoms with van der Waals surface area (Å²) in [6, 6.07) is 1.70. The van der Waals surface area contributed by atoms with Crippen LogP contribution in [0.3, 0.4) is 0 Å². The molecular formula is C15H18O6. The van der Waals surface area contributed by atoms with Gasteiger partial charge in [0.15, 0.2) is 17.3 Å². The van der Waals surface area contributed by atoms with Crippen molar-refractivity contribution in [3.63, 3.8) is 0 Å². The van der Waals surface area contributed by atoms with Gasteiger partial charge in [-0.25, -0.2) is 0 Å². The Labute approximate surface area is 122 Å². The normalized spacial score (nSPS) is 16.4.